The van der Waals surface area contributed by atoms with Crippen molar-refractivity contribution >= 4 is 17.1 Å². The van der Waals surface area contributed by atoms with Gasteiger partial charge in [0.1, 0.15) is 5.82 Å². The molecule has 1 aromatic carbocycles. The molecule has 0 radical (unpaired) electrons. The van der Waals surface area contributed by atoms with E-state index in [1.54, 1.807) is 0 Å². The first-order valence-electron chi connectivity index (χ1n) is 8.20. The third-order valence-corrected chi connectivity index (χ3v) is 4.51. The van der Waals surface area contributed by atoms with Crippen LogP contribution in [0.3, 0.4) is 0 Å². The molecule has 1 aliphatic rings. The van der Waals surface area contributed by atoms with Crippen LogP contribution in [0.25, 0.3) is 11.0 Å². The quantitative estimate of drug-likeness (QED) is 0.812. The monoisotopic (exact) mass is 300 g/mol. The van der Waals surface area contributed by atoms with Gasteiger partial charge in [0.15, 0.2) is 0 Å². The number of H-pyrrole nitrogens is 1. The summed E-state index contributed by atoms with van der Waals surface area (Å²) in [5.41, 5.74) is 2.01. The Morgan fingerprint density at radius 1 is 1.32 bits per heavy atom. The van der Waals surface area contributed by atoms with Gasteiger partial charge in [-0.15, -0.1) is 0 Å². The zero-order valence-corrected chi connectivity index (χ0v) is 13.1. The molecule has 1 saturated carbocycles. The molecule has 0 unspecified atom stereocenters. The lowest BCUT2D eigenvalue weighted by molar-refractivity contribution is 0.222. The molecule has 2 aromatic rings. The normalized spacial score (nSPS) is 21.7. The van der Waals surface area contributed by atoms with Crippen molar-refractivity contribution in [1.29, 1.82) is 0 Å². The van der Waals surface area contributed by atoms with Crippen molar-refractivity contribution in [2.45, 2.75) is 45.1 Å². The minimum absolute atomic E-state index is 0.0603. The van der Waals surface area contributed by atoms with Gasteiger partial charge >= 0.3 is 6.03 Å². The molecule has 1 aliphatic carbocycles. The third-order valence-electron chi connectivity index (χ3n) is 4.51. The summed E-state index contributed by atoms with van der Waals surface area (Å²) in [6.07, 6.45) is 5.52. The van der Waals surface area contributed by atoms with Crippen LogP contribution >= 0.6 is 0 Å². The highest BCUT2D eigenvalue weighted by molar-refractivity contribution is 5.75. The molecule has 118 valence electrons. The van der Waals surface area contributed by atoms with Gasteiger partial charge < -0.3 is 15.6 Å². The first-order chi connectivity index (χ1) is 10.7. The van der Waals surface area contributed by atoms with E-state index in [-0.39, 0.29) is 6.03 Å². The Morgan fingerprint density at radius 3 is 2.95 bits per heavy atom. The summed E-state index contributed by atoms with van der Waals surface area (Å²) in [5, 5.41) is 6.03. The number of nitrogens with one attached hydrogen (secondary N) is 3. The van der Waals surface area contributed by atoms with E-state index in [1.807, 2.05) is 24.3 Å². The van der Waals surface area contributed by atoms with E-state index in [4.69, 9.17) is 0 Å². The van der Waals surface area contributed by atoms with E-state index in [0.29, 0.717) is 24.9 Å². The van der Waals surface area contributed by atoms with Crippen LogP contribution < -0.4 is 10.6 Å². The molecule has 22 heavy (non-hydrogen) atoms. The molecular weight excluding hydrogens is 276 g/mol. The van der Waals surface area contributed by atoms with Crippen LogP contribution in [0, 0.1) is 5.92 Å². The van der Waals surface area contributed by atoms with Gasteiger partial charge in [-0.25, -0.2) is 9.78 Å². The number of hydrogen-bond acceptors (Lipinski definition) is 2. The molecule has 1 heterocycles. The Balaban J connectivity index is 1.45. The van der Waals surface area contributed by atoms with Crippen molar-refractivity contribution < 1.29 is 4.79 Å². The fraction of sp³-hybridized carbons (Fsp3) is 0.529. The maximum absolute atomic E-state index is 12.0. The number of aromatic nitrogens is 2. The summed E-state index contributed by atoms with van der Waals surface area (Å²) in [6, 6.07) is 8.22. The van der Waals surface area contributed by atoms with Crippen LogP contribution in [-0.2, 0) is 6.42 Å². The molecule has 1 aromatic heterocycles. The highest BCUT2D eigenvalue weighted by atomic mass is 16.2. The first kappa shape index (κ1) is 14.9. The van der Waals surface area contributed by atoms with Gasteiger partial charge in [0.25, 0.3) is 0 Å². The zero-order valence-electron chi connectivity index (χ0n) is 13.1. The Bertz CT molecular complexity index is 603. The minimum atomic E-state index is -0.0603. The number of rotatable bonds is 4. The number of urea groups is 1. The van der Waals surface area contributed by atoms with E-state index in [0.717, 1.165) is 23.3 Å². The number of nitrogens with zero attached hydrogens (tertiary/aromatic N) is 1. The topological polar surface area (TPSA) is 69.8 Å². The van der Waals surface area contributed by atoms with Crippen molar-refractivity contribution in [3.05, 3.63) is 30.1 Å². The standard InChI is InChI=1S/C17H24N4O/c1-12-6-2-3-7-13(12)21-17(22)18-11-10-16-19-14-8-4-5-9-15(14)20-16/h4-5,8-9,12-13H,2-3,6-7,10-11H2,1H3,(H,19,20)(H2,18,21,22)/t12-,13-/m1/s1. The predicted molar refractivity (Wildman–Crippen MR) is 87.8 cm³/mol. The number of benzene rings is 1. The Morgan fingerprint density at radius 2 is 2.14 bits per heavy atom. The van der Waals surface area contributed by atoms with Crippen LogP contribution in [0.4, 0.5) is 4.79 Å². The lowest BCUT2D eigenvalue weighted by atomic mass is 9.86. The molecule has 0 saturated heterocycles. The predicted octanol–water partition coefficient (Wildman–Crippen LogP) is 2.98. The Hall–Kier alpha value is -2.04. The van der Waals surface area contributed by atoms with E-state index >= 15 is 0 Å². The number of carbonyl (C=O) groups is 1. The van der Waals surface area contributed by atoms with Crippen molar-refractivity contribution in [3.63, 3.8) is 0 Å². The Kier molecular flexibility index (Phi) is 4.61. The van der Waals surface area contributed by atoms with Crippen LogP contribution in [0.5, 0.6) is 0 Å². The van der Waals surface area contributed by atoms with Crippen molar-refractivity contribution in [3.8, 4) is 0 Å². The molecule has 0 spiro atoms. The first-order valence-corrected chi connectivity index (χ1v) is 8.20. The molecule has 1 fully saturated rings. The van der Waals surface area contributed by atoms with Gasteiger partial charge in [-0.3, -0.25) is 0 Å². The molecular formula is C17H24N4O. The average molecular weight is 300 g/mol. The minimum Gasteiger partial charge on any atom is -0.342 e. The molecule has 5 heteroatoms. The van der Waals surface area contributed by atoms with E-state index < -0.39 is 0 Å². The fourth-order valence-electron chi connectivity index (χ4n) is 3.17. The number of amides is 2. The molecule has 0 aliphatic heterocycles. The van der Waals surface area contributed by atoms with E-state index in [9.17, 15) is 4.79 Å². The van der Waals surface area contributed by atoms with Crippen LogP contribution in [0.1, 0.15) is 38.4 Å². The summed E-state index contributed by atoms with van der Waals surface area (Å²) in [5.74, 6) is 1.49. The number of fused-ring (bicyclic) bond motifs is 1. The molecule has 5 nitrogen and oxygen atoms in total. The highest BCUT2D eigenvalue weighted by Gasteiger charge is 2.22. The van der Waals surface area contributed by atoms with Gasteiger partial charge in [-0.1, -0.05) is 31.9 Å². The average Bonchev–Trinajstić information content (AvgIpc) is 2.92. The van der Waals surface area contributed by atoms with Gasteiger partial charge in [0.2, 0.25) is 0 Å². The number of para-hydroxylation sites is 2. The lowest BCUT2D eigenvalue weighted by Crippen LogP contribution is -2.46. The van der Waals surface area contributed by atoms with Gasteiger partial charge in [0.05, 0.1) is 11.0 Å². The van der Waals surface area contributed by atoms with Crippen LogP contribution in [-0.4, -0.2) is 28.6 Å². The number of imidazole rings is 1. The Labute approximate surface area is 130 Å². The van der Waals surface area contributed by atoms with E-state index in [1.165, 1.54) is 19.3 Å². The largest absolute Gasteiger partial charge is 0.342 e. The second kappa shape index (κ2) is 6.81. The second-order valence-electron chi connectivity index (χ2n) is 6.22. The maximum Gasteiger partial charge on any atom is 0.315 e. The third kappa shape index (κ3) is 3.59. The summed E-state index contributed by atoms with van der Waals surface area (Å²) >= 11 is 0. The molecule has 2 atom stereocenters. The fourth-order valence-corrected chi connectivity index (χ4v) is 3.17. The summed E-state index contributed by atoms with van der Waals surface area (Å²) < 4.78 is 0. The van der Waals surface area contributed by atoms with Crippen LogP contribution in [0.2, 0.25) is 0 Å². The van der Waals surface area contributed by atoms with Crippen molar-refractivity contribution in [1.82, 2.24) is 20.6 Å². The number of hydrogen-bond donors (Lipinski definition) is 3. The van der Waals surface area contributed by atoms with Gasteiger partial charge in [-0.05, 0) is 30.9 Å². The second-order valence-corrected chi connectivity index (χ2v) is 6.22. The van der Waals surface area contributed by atoms with Crippen LogP contribution in [0.15, 0.2) is 24.3 Å². The van der Waals surface area contributed by atoms with E-state index in [2.05, 4.69) is 27.5 Å². The van der Waals surface area contributed by atoms with Crippen molar-refractivity contribution in [2.24, 2.45) is 5.92 Å². The SMILES string of the molecule is C[C@@H]1CCCC[C@H]1NC(=O)NCCc1nc2ccccc2[nH]1. The van der Waals surface area contributed by atoms with Gasteiger partial charge in [0, 0.05) is 19.0 Å². The summed E-state index contributed by atoms with van der Waals surface area (Å²) in [4.78, 5) is 19.8. The lowest BCUT2D eigenvalue weighted by Gasteiger charge is -2.29. The molecule has 3 N–H and O–H groups in total. The maximum atomic E-state index is 12.0. The number of carbonyl (C=O) groups excluding carboxylic acids is 1. The smallest absolute Gasteiger partial charge is 0.315 e. The van der Waals surface area contributed by atoms with Gasteiger partial charge in [-0.2, -0.15) is 0 Å². The molecule has 2 amide bonds. The van der Waals surface area contributed by atoms with Crippen molar-refractivity contribution in [2.75, 3.05) is 6.54 Å². The molecule has 0 bridgehead atoms. The molecule has 3 rings (SSSR count). The summed E-state index contributed by atoms with van der Waals surface area (Å²) in [7, 11) is 0. The highest BCUT2D eigenvalue weighted by Crippen LogP contribution is 2.23. The zero-order chi connectivity index (χ0) is 15.4. The summed E-state index contributed by atoms with van der Waals surface area (Å²) in [6.45, 7) is 2.81. The number of aromatic amines is 1.